The Balaban J connectivity index is 1.94. The van der Waals surface area contributed by atoms with Gasteiger partial charge in [-0.25, -0.2) is 4.79 Å². The molecule has 0 radical (unpaired) electrons. The lowest BCUT2D eigenvalue weighted by atomic mass is 10.2. The number of nitrogens with one attached hydrogen (secondary N) is 2. The summed E-state index contributed by atoms with van der Waals surface area (Å²) in [6, 6.07) is 4.70. The second-order valence-electron chi connectivity index (χ2n) is 4.65. The van der Waals surface area contributed by atoms with E-state index >= 15 is 0 Å². The first-order chi connectivity index (χ1) is 10.1. The number of anilines is 1. The van der Waals surface area contributed by atoms with Gasteiger partial charge in [-0.15, -0.1) is 0 Å². The van der Waals surface area contributed by atoms with E-state index in [1.54, 1.807) is 18.2 Å². The van der Waals surface area contributed by atoms with Gasteiger partial charge in [-0.05, 0) is 37.6 Å². The Labute approximate surface area is 127 Å². The molecule has 0 aliphatic carbocycles. The van der Waals surface area contributed by atoms with Crippen LogP contribution in [0.1, 0.15) is 12.8 Å². The van der Waals surface area contributed by atoms with Crippen LogP contribution in [0.5, 0.6) is 5.75 Å². The largest absolute Gasteiger partial charge is 0.480 e. The molecule has 21 heavy (non-hydrogen) atoms. The molecule has 0 spiro atoms. The van der Waals surface area contributed by atoms with Gasteiger partial charge < -0.3 is 20.1 Å². The molecule has 1 atom stereocenters. The Morgan fingerprint density at radius 1 is 1.48 bits per heavy atom. The summed E-state index contributed by atoms with van der Waals surface area (Å²) < 4.78 is 9.69. The van der Waals surface area contributed by atoms with Crippen LogP contribution < -0.4 is 15.4 Å². The van der Waals surface area contributed by atoms with Crippen molar-refractivity contribution in [1.29, 1.82) is 0 Å². The Morgan fingerprint density at radius 3 is 2.90 bits per heavy atom. The fraction of sp³-hybridized carbons (Fsp3) is 0.429. The minimum atomic E-state index is -0.490. The Hall–Kier alpha value is -1.79. The number of amides is 1. The summed E-state index contributed by atoms with van der Waals surface area (Å²) >= 11 is 6.06. The fourth-order valence-electron chi connectivity index (χ4n) is 2.03. The minimum absolute atomic E-state index is 0.0770. The number of ether oxygens (including phenoxy) is 2. The first-order valence-corrected chi connectivity index (χ1v) is 7.01. The highest BCUT2D eigenvalue weighted by atomic mass is 35.5. The van der Waals surface area contributed by atoms with Crippen molar-refractivity contribution in [2.24, 2.45) is 0 Å². The number of benzene rings is 1. The quantitative estimate of drug-likeness (QED) is 0.807. The SMILES string of the molecule is COC(=O)COc1ccc(NC(=O)C2CCCN2)cc1Cl. The fourth-order valence-corrected chi connectivity index (χ4v) is 2.26. The van der Waals surface area contributed by atoms with Crippen molar-refractivity contribution in [3.8, 4) is 5.75 Å². The molecule has 2 rings (SSSR count). The molecule has 0 saturated carbocycles. The van der Waals surface area contributed by atoms with Crippen LogP contribution in [-0.2, 0) is 14.3 Å². The maximum atomic E-state index is 12.0. The second-order valence-corrected chi connectivity index (χ2v) is 5.06. The highest BCUT2D eigenvalue weighted by Crippen LogP contribution is 2.28. The zero-order valence-corrected chi connectivity index (χ0v) is 12.4. The van der Waals surface area contributed by atoms with Crippen molar-refractivity contribution < 1.29 is 19.1 Å². The molecule has 1 amide bonds. The maximum absolute atomic E-state index is 12.0. The summed E-state index contributed by atoms with van der Waals surface area (Å²) in [4.78, 5) is 23.0. The number of esters is 1. The van der Waals surface area contributed by atoms with Crippen molar-refractivity contribution in [3.05, 3.63) is 23.2 Å². The number of carbonyl (C=O) groups excluding carboxylic acids is 2. The molecular formula is C14H17ClN2O4. The summed E-state index contributed by atoms with van der Waals surface area (Å²) in [6.45, 7) is 0.646. The summed E-state index contributed by atoms with van der Waals surface area (Å²) in [5.74, 6) is -0.207. The van der Waals surface area contributed by atoms with Crippen LogP contribution in [0.3, 0.4) is 0 Å². The molecule has 0 aromatic heterocycles. The Kier molecular flexibility index (Phi) is 5.41. The van der Waals surface area contributed by atoms with E-state index in [2.05, 4.69) is 15.4 Å². The molecule has 1 aliphatic rings. The smallest absolute Gasteiger partial charge is 0.343 e. The monoisotopic (exact) mass is 312 g/mol. The summed E-state index contributed by atoms with van der Waals surface area (Å²) in [6.07, 6.45) is 1.83. The lowest BCUT2D eigenvalue weighted by Crippen LogP contribution is -2.35. The summed E-state index contributed by atoms with van der Waals surface area (Å²) in [5.41, 5.74) is 0.587. The summed E-state index contributed by atoms with van der Waals surface area (Å²) in [5, 5.41) is 6.23. The first-order valence-electron chi connectivity index (χ1n) is 6.63. The zero-order valence-electron chi connectivity index (χ0n) is 11.6. The van der Waals surface area contributed by atoms with E-state index in [0.717, 1.165) is 19.4 Å². The molecule has 1 unspecified atom stereocenters. The van der Waals surface area contributed by atoms with E-state index in [4.69, 9.17) is 16.3 Å². The molecule has 114 valence electrons. The normalized spacial score (nSPS) is 17.3. The van der Waals surface area contributed by atoms with Crippen LogP contribution >= 0.6 is 11.6 Å². The van der Waals surface area contributed by atoms with Gasteiger partial charge in [0.05, 0.1) is 18.2 Å². The predicted octanol–water partition coefficient (Wildman–Crippen LogP) is 1.58. The molecule has 1 aromatic carbocycles. The highest BCUT2D eigenvalue weighted by molar-refractivity contribution is 6.32. The van der Waals surface area contributed by atoms with Gasteiger partial charge in [0.2, 0.25) is 5.91 Å². The van der Waals surface area contributed by atoms with E-state index < -0.39 is 5.97 Å². The average molecular weight is 313 g/mol. The van der Waals surface area contributed by atoms with E-state index in [1.165, 1.54) is 7.11 Å². The molecule has 1 aromatic rings. The molecule has 1 aliphatic heterocycles. The highest BCUT2D eigenvalue weighted by Gasteiger charge is 2.22. The number of rotatable bonds is 5. The number of hydrogen-bond acceptors (Lipinski definition) is 5. The Bertz CT molecular complexity index is 530. The number of methoxy groups -OCH3 is 1. The van der Waals surface area contributed by atoms with Crippen LogP contribution in [0.15, 0.2) is 18.2 Å². The van der Waals surface area contributed by atoms with Crippen LogP contribution in [0, 0.1) is 0 Å². The van der Waals surface area contributed by atoms with Gasteiger partial charge in [0.15, 0.2) is 6.61 Å². The van der Waals surface area contributed by atoms with E-state index in [0.29, 0.717) is 16.5 Å². The summed E-state index contributed by atoms with van der Waals surface area (Å²) in [7, 11) is 1.28. The van der Waals surface area contributed by atoms with Crippen molar-refractivity contribution in [2.75, 3.05) is 25.6 Å². The van der Waals surface area contributed by atoms with Gasteiger partial charge in [-0.2, -0.15) is 0 Å². The van der Waals surface area contributed by atoms with Crippen LogP contribution in [0.4, 0.5) is 5.69 Å². The molecule has 1 saturated heterocycles. The molecule has 1 fully saturated rings. The van der Waals surface area contributed by atoms with Crippen molar-refractivity contribution in [2.45, 2.75) is 18.9 Å². The predicted molar refractivity (Wildman–Crippen MR) is 78.6 cm³/mol. The van der Waals surface area contributed by atoms with Crippen molar-refractivity contribution in [3.63, 3.8) is 0 Å². The number of halogens is 1. The third kappa shape index (κ3) is 4.34. The lowest BCUT2D eigenvalue weighted by Gasteiger charge is -2.12. The number of carbonyl (C=O) groups is 2. The van der Waals surface area contributed by atoms with E-state index in [1.807, 2.05) is 0 Å². The third-order valence-corrected chi connectivity index (χ3v) is 3.44. The van der Waals surface area contributed by atoms with E-state index in [-0.39, 0.29) is 18.6 Å². The lowest BCUT2D eigenvalue weighted by molar-refractivity contribution is -0.142. The molecule has 7 heteroatoms. The van der Waals surface area contributed by atoms with Gasteiger partial charge in [-0.3, -0.25) is 4.79 Å². The van der Waals surface area contributed by atoms with Crippen LogP contribution in [-0.4, -0.2) is 38.2 Å². The molecule has 2 N–H and O–H groups in total. The van der Waals surface area contributed by atoms with Gasteiger partial charge in [0.25, 0.3) is 0 Å². The zero-order chi connectivity index (χ0) is 15.2. The van der Waals surface area contributed by atoms with Crippen LogP contribution in [0.25, 0.3) is 0 Å². The second kappa shape index (κ2) is 7.28. The van der Waals surface area contributed by atoms with Gasteiger partial charge in [-0.1, -0.05) is 11.6 Å². The third-order valence-electron chi connectivity index (χ3n) is 3.15. The average Bonchev–Trinajstić information content (AvgIpc) is 3.00. The maximum Gasteiger partial charge on any atom is 0.343 e. The van der Waals surface area contributed by atoms with Crippen molar-refractivity contribution >= 4 is 29.2 Å². The minimum Gasteiger partial charge on any atom is -0.480 e. The van der Waals surface area contributed by atoms with Gasteiger partial charge in [0, 0.05) is 5.69 Å². The van der Waals surface area contributed by atoms with Gasteiger partial charge in [0.1, 0.15) is 5.75 Å². The molecule has 6 nitrogen and oxygen atoms in total. The van der Waals surface area contributed by atoms with Crippen LogP contribution in [0.2, 0.25) is 5.02 Å². The standard InChI is InChI=1S/C14H17ClN2O4/c1-20-13(18)8-21-12-5-4-9(7-10(12)15)17-14(19)11-3-2-6-16-11/h4-5,7,11,16H,2-3,6,8H2,1H3,(H,17,19). The topological polar surface area (TPSA) is 76.7 Å². The van der Waals surface area contributed by atoms with Gasteiger partial charge >= 0.3 is 5.97 Å². The molecular weight excluding hydrogens is 296 g/mol. The molecule has 1 heterocycles. The number of hydrogen-bond donors (Lipinski definition) is 2. The van der Waals surface area contributed by atoms with E-state index in [9.17, 15) is 9.59 Å². The van der Waals surface area contributed by atoms with Crippen molar-refractivity contribution in [1.82, 2.24) is 5.32 Å². The molecule has 0 bridgehead atoms. The Morgan fingerprint density at radius 2 is 2.29 bits per heavy atom. The first kappa shape index (κ1) is 15.6.